The first-order chi connectivity index (χ1) is 9.66. The second-order valence-electron chi connectivity index (χ2n) is 5.76. The van der Waals surface area contributed by atoms with Gasteiger partial charge in [0.05, 0.1) is 18.2 Å². The maximum Gasteiger partial charge on any atom is 0.240 e. The van der Waals surface area contributed by atoms with Crippen molar-refractivity contribution in [3.05, 3.63) is 0 Å². The topological polar surface area (TPSA) is 71.3 Å². The van der Waals surface area contributed by atoms with Crippen LogP contribution in [0.5, 0.6) is 0 Å². The van der Waals surface area contributed by atoms with E-state index < -0.39 is 5.41 Å². The largest absolute Gasteiger partial charge is 0.377 e. The van der Waals surface area contributed by atoms with Crippen LogP contribution in [0.3, 0.4) is 0 Å². The molecular formula is C15H24N2O3. The van der Waals surface area contributed by atoms with Gasteiger partial charge in [0.1, 0.15) is 11.5 Å². The zero-order chi connectivity index (χ0) is 14.6. The highest BCUT2D eigenvalue weighted by Crippen LogP contribution is 2.37. The van der Waals surface area contributed by atoms with Crippen LogP contribution in [-0.2, 0) is 14.3 Å². The molecule has 0 saturated heterocycles. The monoisotopic (exact) mass is 280 g/mol. The van der Waals surface area contributed by atoms with Gasteiger partial charge in [0.2, 0.25) is 5.91 Å². The number of nitriles is 1. The zero-order valence-electron chi connectivity index (χ0n) is 12.4. The van der Waals surface area contributed by atoms with Crippen LogP contribution in [0.1, 0.15) is 45.4 Å². The SMILES string of the molecule is CCO[C@@H]1C[C@@H](NC(=O)C2(C#N)CCCCC2)[C@@H]1OC. The van der Waals surface area contributed by atoms with Crippen LogP contribution in [-0.4, -0.2) is 37.9 Å². The average Bonchev–Trinajstić information content (AvgIpc) is 2.47. The number of hydrogen-bond donors (Lipinski definition) is 1. The lowest BCUT2D eigenvalue weighted by atomic mass is 9.73. The van der Waals surface area contributed by atoms with E-state index >= 15 is 0 Å². The number of nitrogens with zero attached hydrogens (tertiary/aromatic N) is 1. The van der Waals surface area contributed by atoms with Crippen LogP contribution < -0.4 is 5.32 Å². The van der Waals surface area contributed by atoms with Gasteiger partial charge in [-0.2, -0.15) is 5.26 Å². The molecule has 0 aromatic rings. The van der Waals surface area contributed by atoms with E-state index in [1.54, 1.807) is 7.11 Å². The number of nitrogens with one attached hydrogen (secondary N) is 1. The van der Waals surface area contributed by atoms with Crippen LogP contribution in [0, 0.1) is 16.7 Å². The van der Waals surface area contributed by atoms with E-state index in [2.05, 4.69) is 11.4 Å². The molecule has 5 nitrogen and oxygen atoms in total. The first-order valence-electron chi connectivity index (χ1n) is 7.53. The third-order valence-corrected chi connectivity index (χ3v) is 4.57. The molecule has 112 valence electrons. The van der Waals surface area contributed by atoms with Crippen LogP contribution in [0.15, 0.2) is 0 Å². The number of carbonyl (C=O) groups is 1. The Bertz CT molecular complexity index is 385. The van der Waals surface area contributed by atoms with E-state index in [0.717, 1.165) is 25.7 Å². The normalized spacial score (nSPS) is 31.9. The number of rotatable bonds is 5. The fourth-order valence-corrected chi connectivity index (χ4v) is 3.27. The Morgan fingerprint density at radius 3 is 2.65 bits per heavy atom. The Morgan fingerprint density at radius 2 is 2.10 bits per heavy atom. The van der Waals surface area contributed by atoms with Gasteiger partial charge in [0, 0.05) is 13.7 Å². The summed E-state index contributed by atoms with van der Waals surface area (Å²) in [6.07, 6.45) is 5.11. The molecule has 0 aromatic carbocycles. The molecule has 1 amide bonds. The van der Waals surface area contributed by atoms with Crippen molar-refractivity contribution < 1.29 is 14.3 Å². The second-order valence-corrected chi connectivity index (χ2v) is 5.76. The lowest BCUT2D eigenvalue weighted by molar-refractivity contribution is -0.148. The fraction of sp³-hybridized carbons (Fsp3) is 0.867. The van der Waals surface area contributed by atoms with E-state index in [4.69, 9.17) is 9.47 Å². The fourth-order valence-electron chi connectivity index (χ4n) is 3.27. The summed E-state index contributed by atoms with van der Waals surface area (Å²) in [6, 6.07) is 2.22. The van der Waals surface area contributed by atoms with Gasteiger partial charge in [0.25, 0.3) is 0 Å². The summed E-state index contributed by atoms with van der Waals surface area (Å²) in [7, 11) is 1.63. The van der Waals surface area contributed by atoms with Gasteiger partial charge in [-0.3, -0.25) is 4.79 Å². The summed E-state index contributed by atoms with van der Waals surface area (Å²) >= 11 is 0. The van der Waals surface area contributed by atoms with Gasteiger partial charge in [-0.05, 0) is 26.2 Å². The number of amides is 1. The van der Waals surface area contributed by atoms with Gasteiger partial charge >= 0.3 is 0 Å². The molecule has 2 fully saturated rings. The molecule has 2 aliphatic rings. The Hall–Kier alpha value is -1.12. The Kier molecular flexibility index (Phi) is 5.00. The first kappa shape index (κ1) is 15.3. The van der Waals surface area contributed by atoms with Crippen molar-refractivity contribution in [3.63, 3.8) is 0 Å². The Labute approximate surface area is 120 Å². The summed E-state index contributed by atoms with van der Waals surface area (Å²) < 4.78 is 10.9. The molecule has 0 heterocycles. The molecule has 0 spiro atoms. The molecule has 20 heavy (non-hydrogen) atoms. The molecule has 1 N–H and O–H groups in total. The van der Waals surface area contributed by atoms with E-state index in [1.807, 2.05) is 6.92 Å². The predicted octanol–water partition coefficient (Wildman–Crippen LogP) is 1.77. The van der Waals surface area contributed by atoms with Crippen molar-refractivity contribution >= 4 is 5.91 Å². The number of methoxy groups -OCH3 is 1. The Morgan fingerprint density at radius 1 is 1.40 bits per heavy atom. The molecule has 0 bridgehead atoms. The lowest BCUT2D eigenvalue weighted by Crippen LogP contribution is -2.62. The quantitative estimate of drug-likeness (QED) is 0.833. The van der Waals surface area contributed by atoms with Crippen molar-refractivity contribution in [2.75, 3.05) is 13.7 Å². The van der Waals surface area contributed by atoms with Crippen LogP contribution in [0.2, 0.25) is 0 Å². The minimum atomic E-state index is -0.826. The molecule has 3 atom stereocenters. The molecular weight excluding hydrogens is 256 g/mol. The van der Waals surface area contributed by atoms with Crippen molar-refractivity contribution in [3.8, 4) is 6.07 Å². The molecule has 0 unspecified atom stereocenters. The highest BCUT2D eigenvalue weighted by atomic mass is 16.5. The maximum atomic E-state index is 12.5. The molecule has 5 heteroatoms. The molecule has 2 aliphatic carbocycles. The average molecular weight is 280 g/mol. The molecule has 2 saturated carbocycles. The highest BCUT2D eigenvalue weighted by molar-refractivity contribution is 5.85. The van der Waals surface area contributed by atoms with Crippen LogP contribution in [0.4, 0.5) is 0 Å². The maximum absolute atomic E-state index is 12.5. The first-order valence-corrected chi connectivity index (χ1v) is 7.53. The minimum Gasteiger partial charge on any atom is -0.377 e. The standard InChI is InChI=1S/C15H24N2O3/c1-3-20-12-9-11(13(12)19-2)17-14(18)15(10-16)7-5-4-6-8-15/h11-13H,3-9H2,1-2H3,(H,17,18)/t11-,12-,13+/m1/s1. The zero-order valence-corrected chi connectivity index (χ0v) is 12.4. The molecule has 0 radical (unpaired) electrons. The predicted molar refractivity (Wildman–Crippen MR) is 73.9 cm³/mol. The van der Waals surface area contributed by atoms with Crippen molar-refractivity contribution in [1.82, 2.24) is 5.32 Å². The van der Waals surface area contributed by atoms with Crippen LogP contribution in [0.25, 0.3) is 0 Å². The smallest absolute Gasteiger partial charge is 0.240 e. The van der Waals surface area contributed by atoms with Crippen molar-refractivity contribution in [2.45, 2.75) is 63.7 Å². The number of carbonyl (C=O) groups excluding carboxylic acids is 1. The molecule has 0 aromatic heterocycles. The summed E-state index contributed by atoms with van der Waals surface area (Å²) in [5.74, 6) is -0.123. The highest BCUT2D eigenvalue weighted by Gasteiger charge is 2.47. The van der Waals surface area contributed by atoms with Crippen molar-refractivity contribution in [2.24, 2.45) is 5.41 Å². The molecule has 2 rings (SSSR count). The summed E-state index contributed by atoms with van der Waals surface area (Å²) in [5.41, 5.74) is -0.826. The third-order valence-electron chi connectivity index (χ3n) is 4.57. The van der Waals surface area contributed by atoms with Gasteiger partial charge in [-0.15, -0.1) is 0 Å². The van der Waals surface area contributed by atoms with Gasteiger partial charge in [0.15, 0.2) is 0 Å². The van der Waals surface area contributed by atoms with Gasteiger partial charge < -0.3 is 14.8 Å². The van der Waals surface area contributed by atoms with E-state index in [9.17, 15) is 10.1 Å². The lowest BCUT2D eigenvalue weighted by Gasteiger charge is -2.44. The van der Waals surface area contributed by atoms with Crippen molar-refractivity contribution in [1.29, 1.82) is 5.26 Å². The van der Waals surface area contributed by atoms with Gasteiger partial charge in [-0.1, -0.05) is 19.3 Å². The Balaban J connectivity index is 1.93. The van der Waals surface area contributed by atoms with E-state index in [1.165, 1.54) is 0 Å². The minimum absolute atomic E-state index is 0.0313. The van der Waals surface area contributed by atoms with Gasteiger partial charge in [-0.25, -0.2) is 0 Å². The third kappa shape index (κ3) is 2.82. The number of hydrogen-bond acceptors (Lipinski definition) is 4. The van der Waals surface area contributed by atoms with E-state index in [-0.39, 0.29) is 24.2 Å². The second kappa shape index (κ2) is 6.55. The number of ether oxygens (including phenoxy) is 2. The summed E-state index contributed by atoms with van der Waals surface area (Å²) in [4.78, 5) is 12.5. The van der Waals surface area contributed by atoms with E-state index in [0.29, 0.717) is 19.4 Å². The summed E-state index contributed by atoms with van der Waals surface area (Å²) in [5, 5.41) is 12.4. The molecule has 0 aliphatic heterocycles. The van der Waals surface area contributed by atoms with Crippen LogP contribution >= 0.6 is 0 Å². The summed E-state index contributed by atoms with van der Waals surface area (Å²) in [6.45, 7) is 2.60.